The van der Waals surface area contributed by atoms with Gasteiger partial charge in [-0.25, -0.2) is 0 Å². The molecule has 15 heavy (non-hydrogen) atoms. The molecule has 2 saturated heterocycles. The van der Waals surface area contributed by atoms with Crippen LogP contribution in [0.15, 0.2) is 0 Å². The van der Waals surface area contributed by atoms with Crippen molar-refractivity contribution in [2.45, 2.75) is 38.5 Å². The molecule has 2 fully saturated rings. The number of hydrogen-bond acceptors (Lipinski definition) is 3. The predicted molar refractivity (Wildman–Crippen MR) is 52.9 cm³/mol. The molecule has 0 aromatic carbocycles. The summed E-state index contributed by atoms with van der Waals surface area (Å²) in [5, 5.41) is 12.2. The van der Waals surface area contributed by atoms with Crippen LogP contribution in [0.2, 0.25) is 0 Å². The lowest BCUT2D eigenvalue weighted by Crippen LogP contribution is -2.62. The summed E-state index contributed by atoms with van der Waals surface area (Å²) < 4.78 is 0. The molecule has 0 aromatic heterocycles. The van der Waals surface area contributed by atoms with Gasteiger partial charge < -0.3 is 15.3 Å². The third-order valence-corrected chi connectivity index (χ3v) is 3.10. The van der Waals surface area contributed by atoms with Crippen molar-refractivity contribution in [3.63, 3.8) is 0 Å². The number of fused-ring (bicyclic) bond motifs is 1. The average molecular weight is 212 g/mol. The quantitative estimate of drug-likeness (QED) is 0.592. The largest absolute Gasteiger partial charge is 0.391 e. The van der Waals surface area contributed by atoms with Gasteiger partial charge in [0.2, 0.25) is 11.8 Å². The van der Waals surface area contributed by atoms with Crippen LogP contribution in [-0.4, -0.2) is 46.6 Å². The maximum absolute atomic E-state index is 11.9. The van der Waals surface area contributed by atoms with Gasteiger partial charge in [-0.3, -0.25) is 9.59 Å². The molecule has 2 aliphatic heterocycles. The van der Waals surface area contributed by atoms with E-state index >= 15 is 0 Å². The van der Waals surface area contributed by atoms with E-state index in [9.17, 15) is 14.7 Å². The first-order chi connectivity index (χ1) is 7.00. The minimum Gasteiger partial charge on any atom is -0.391 e. The van der Waals surface area contributed by atoms with E-state index in [4.69, 9.17) is 0 Å². The van der Waals surface area contributed by atoms with Crippen LogP contribution < -0.4 is 5.32 Å². The van der Waals surface area contributed by atoms with Gasteiger partial charge in [0, 0.05) is 13.0 Å². The summed E-state index contributed by atoms with van der Waals surface area (Å²) in [5.74, 6) is -0.115. The number of aliphatic hydroxyl groups excluding tert-OH is 1. The highest BCUT2D eigenvalue weighted by atomic mass is 16.3. The summed E-state index contributed by atoms with van der Waals surface area (Å²) in [6.45, 7) is 4.09. The van der Waals surface area contributed by atoms with Crippen molar-refractivity contribution in [1.29, 1.82) is 0 Å². The lowest BCUT2D eigenvalue weighted by Gasteiger charge is -2.36. The molecule has 0 aliphatic carbocycles. The minimum absolute atomic E-state index is 0.0637. The molecule has 5 nitrogen and oxygen atoms in total. The van der Waals surface area contributed by atoms with Crippen LogP contribution in [0.1, 0.15) is 20.3 Å². The van der Waals surface area contributed by atoms with Crippen molar-refractivity contribution in [3.8, 4) is 0 Å². The minimum atomic E-state index is -0.560. The first-order valence-electron chi connectivity index (χ1n) is 5.29. The molecular formula is C10H16N2O3. The first kappa shape index (κ1) is 10.4. The molecule has 0 radical (unpaired) electrons. The SMILES string of the molecule is CC(C)C1NC(=O)C2CC(O)CN2C1=O. The second kappa shape index (κ2) is 3.48. The van der Waals surface area contributed by atoms with E-state index in [1.165, 1.54) is 4.90 Å². The number of hydrogen-bond donors (Lipinski definition) is 2. The number of carbonyl (C=O) groups excluding carboxylic acids is 2. The number of nitrogens with zero attached hydrogens (tertiary/aromatic N) is 1. The summed E-state index contributed by atoms with van der Waals surface area (Å²) >= 11 is 0. The summed E-state index contributed by atoms with van der Waals surface area (Å²) in [6, 6.07) is -0.887. The highest BCUT2D eigenvalue weighted by molar-refractivity contribution is 5.97. The fraction of sp³-hybridized carbons (Fsp3) is 0.800. The van der Waals surface area contributed by atoms with Crippen LogP contribution in [0.5, 0.6) is 0 Å². The zero-order chi connectivity index (χ0) is 11.2. The van der Waals surface area contributed by atoms with Gasteiger partial charge in [0.25, 0.3) is 0 Å². The van der Waals surface area contributed by atoms with E-state index in [1.807, 2.05) is 13.8 Å². The van der Waals surface area contributed by atoms with Gasteiger partial charge in [-0.05, 0) is 5.92 Å². The van der Waals surface area contributed by atoms with Gasteiger partial charge in [0.05, 0.1) is 6.10 Å². The zero-order valence-corrected chi connectivity index (χ0v) is 8.93. The van der Waals surface area contributed by atoms with E-state index in [1.54, 1.807) is 0 Å². The Balaban J connectivity index is 2.21. The molecule has 2 N–H and O–H groups in total. The summed E-state index contributed by atoms with van der Waals surface area (Å²) in [7, 11) is 0. The van der Waals surface area contributed by atoms with Gasteiger partial charge in [-0.2, -0.15) is 0 Å². The Kier molecular flexibility index (Phi) is 2.42. The number of amides is 2. The second-order valence-electron chi connectivity index (χ2n) is 4.63. The smallest absolute Gasteiger partial charge is 0.246 e. The van der Waals surface area contributed by atoms with Crippen molar-refractivity contribution >= 4 is 11.8 Å². The lowest BCUT2D eigenvalue weighted by atomic mass is 9.99. The van der Waals surface area contributed by atoms with Crippen molar-refractivity contribution in [1.82, 2.24) is 10.2 Å². The average Bonchev–Trinajstić information content (AvgIpc) is 2.53. The van der Waals surface area contributed by atoms with Gasteiger partial charge in [0.15, 0.2) is 0 Å². The highest BCUT2D eigenvalue weighted by Gasteiger charge is 2.46. The monoisotopic (exact) mass is 212 g/mol. The van der Waals surface area contributed by atoms with Crippen molar-refractivity contribution in [3.05, 3.63) is 0 Å². The summed E-state index contributed by atoms with van der Waals surface area (Å²) in [5.41, 5.74) is 0. The fourth-order valence-electron chi connectivity index (χ4n) is 2.25. The number of carbonyl (C=O) groups is 2. The van der Waals surface area contributed by atoms with Crippen LogP contribution in [0, 0.1) is 5.92 Å². The number of rotatable bonds is 1. The molecule has 3 atom stereocenters. The van der Waals surface area contributed by atoms with Crippen LogP contribution in [-0.2, 0) is 9.59 Å². The van der Waals surface area contributed by atoms with Crippen molar-refractivity contribution < 1.29 is 14.7 Å². The summed E-state index contributed by atoms with van der Waals surface area (Å²) in [4.78, 5) is 25.1. The normalized spacial score (nSPS) is 35.7. The van der Waals surface area contributed by atoms with Gasteiger partial charge in [-0.1, -0.05) is 13.8 Å². The Morgan fingerprint density at radius 2 is 2.13 bits per heavy atom. The zero-order valence-electron chi connectivity index (χ0n) is 8.93. The van der Waals surface area contributed by atoms with Crippen LogP contribution in [0.4, 0.5) is 0 Å². The number of aliphatic hydroxyl groups is 1. The molecule has 0 bridgehead atoms. The Morgan fingerprint density at radius 1 is 1.47 bits per heavy atom. The molecule has 0 aromatic rings. The Morgan fingerprint density at radius 3 is 2.73 bits per heavy atom. The van der Waals surface area contributed by atoms with Crippen molar-refractivity contribution in [2.24, 2.45) is 5.92 Å². The highest BCUT2D eigenvalue weighted by Crippen LogP contribution is 2.24. The second-order valence-corrected chi connectivity index (χ2v) is 4.63. The summed E-state index contributed by atoms with van der Waals surface area (Å²) in [6.07, 6.45) is -0.196. The van der Waals surface area contributed by atoms with Gasteiger partial charge in [-0.15, -0.1) is 0 Å². The third kappa shape index (κ3) is 1.61. The number of piperazine rings is 1. The van der Waals surface area contributed by atoms with Crippen molar-refractivity contribution in [2.75, 3.05) is 6.54 Å². The van der Waals surface area contributed by atoms with E-state index in [0.29, 0.717) is 13.0 Å². The molecule has 2 aliphatic rings. The molecular weight excluding hydrogens is 196 g/mol. The molecule has 5 heteroatoms. The Labute approximate surface area is 88.4 Å². The van der Waals surface area contributed by atoms with Gasteiger partial charge >= 0.3 is 0 Å². The fourth-order valence-corrected chi connectivity index (χ4v) is 2.25. The molecule has 3 unspecified atom stereocenters. The Hall–Kier alpha value is -1.10. The van der Waals surface area contributed by atoms with Gasteiger partial charge in [0.1, 0.15) is 12.1 Å². The molecule has 84 valence electrons. The topological polar surface area (TPSA) is 69.6 Å². The van der Waals surface area contributed by atoms with E-state index in [0.717, 1.165) is 0 Å². The maximum Gasteiger partial charge on any atom is 0.246 e. The molecule has 2 amide bonds. The van der Waals surface area contributed by atoms with E-state index in [2.05, 4.69) is 5.32 Å². The Bertz CT molecular complexity index is 303. The van der Waals surface area contributed by atoms with Crippen LogP contribution in [0.3, 0.4) is 0 Å². The standard InChI is InChI=1S/C10H16N2O3/c1-5(2)8-10(15)12-4-6(13)3-7(12)9(14)11-8/h5-8,13H,3-4H2,1-2H3,(H,11,14). The molecule has 0 saturated carbocycles. The lowest BCUT2D eigenvalue weighted by molar-refractivity contribution is -0.148. The van der Waals surface area contributed by atoms with Crippen LogP contribution >= 0.6 is 0 Å². The predicted octanol–water partition coefficient (Wildman–Crippen LogP) is -0.897. The molecule has 2 rings (SSSR count). The maximum atomic E-state index is 11.9. The number of nitrogens with one attached hydrogen (secondary N) is 1. The molecule has 0 spiro atoms. The first-order valence-corrected chi connectivity index (χ1v) is 5.29. The van der Waals surface area contributed by atoms with E-state index < -0.39 is 18.2 Å². The third-order valence-electron chi connectivity index (χ3n) is 3.10. The molecule has 2 heterocycles. The van der Waals surface area contributed by atoms with Crippen LogP contribution in [0.25, 0.3) is 0 Å². The van der Waals surface area contributed by atoms with E-state index in [-0.39, 0.29) is 17.7 Å².